The van der Waals surface area contributed by atoms with Crippen LogP contribution in [0.2, 0.25) is 0 Å². The van der Waals surface area contributed by atoms with Crippen LogP contribution in [-0.2, 0) is 0 Å². The smallest absolute Gasteiger partial charge is 0.124 e. The fraction of sp³-hybridized carbons (Fsp3) is 0.667. The van der Waals surface area contributed by atoms with Gasteiger partial charge in [-0.05, 0) is 61.3 Å². The molecule has 1 aliphatic carbocycles. The van der Waals surface area contributed by atoms with Gasteiger partial charge in [0.2, 0.25) is 0 Å². The van der Waals surface area contributed by atoms with Crippen LogP contribution >= 0.6 is 11.8 Å². The number of benzene rings is 1. The highest BCUT2D eigenvalue weighted by atomic mass is 32.2. The molecule has 118 valence electrons. The number of rotatable bonds is 5. The summed E-state index contributed by atoms with van der Waals surface area (Å²) in [5.74, 6) is 1.16. The van der Waals surface area contributed by atoms with Gasteiger partial charge in [0.15, 0.2) is 0 Å². The highest BCUT2D eigenvalue weighted by molar-refractivity contribution is 8.00. The quantitative estimate of drug-likeness (QED) is 0.819. The molecule has 0 radical (unpaired) electrons. The van der Waals surface area contributed by atoms with E-state index in [1.54, 1.807) is 12.1 Å². The number of nitrogens with two attached hydrogens (primary N) is 1. The molecule has 1 nitrogen and oxygen atoms in total. The van der Waals surface area contributed by atoms with E-state index in [2.05, 4.69) is 20.8 Å². The highest BCUT2D eigenvalue weighted by Gasteiger charge is 2.37. The van der Waals surface area contributed by atoms with Gasteiger partial charge in [0.05, 0.1) is 0 Å². The van der Waals surface area contributed by atoms with Crippen molar-refractivity contribution in [2.45, 2.75) is 56.6 Å². The van der Waals surface area contributed by atoms with Crippen LogP contribution in [0.3, 0.4) is 0 Å². The van der Waals surface area contributed by atoms with Gasteiger partial charge in [-0.25, -0.2) is 4.39 Å². The molecule has 1 aromatic carbocycles. The summed E-state index contributed by atoms with van der Waals surface area (Å²) in [4.78, 5) is 1.04. The first-order valence-corrected chi connectivity index (χ1v) is 8.96. The summed E-state index contributed by atoms with van der Waals surface area (Å²) in [6.07, 6.45) is 4.90. The SMILES string of the molecule is CCC(C)(C)C1CCC(CN)C(Sc2cccc(F)c2)C1. The van der Waals surface area contributed by atoms with Gasteiger partial charge in [0, 0.05) is 10.1 Å². The minimum Gasteiger partial charge on any atom is -0.330 e. The maximum atomic E-state index is 13.4. The molecule has 2 rings (SSSR count). The standard InChI is InChI=1S/C18H28FNS/c1-4-18(2,3)14-9-8-13(12-20)17(10-14)21-16-7-5-6-15(19)11-16/h5-7,11,13-14,17H,4,8-10,12,20H2,1-3H3. The summed E-state index contributed by atoms with van der Waals surface area (Å²) in [5, 5.41) is 0.515. The van der Waals surface area contributed by atoms with E-state index in [0.29, 0.717) is 16.6 Å². The van der Waals surface area contributed by atoms with Gasteiger partial charge < -0.3 is 5.73 Å². The van der Waals surface area contributed by atoms with Gasteiger partial charge in [-0.2, -0.15) is 0 Å². The van der Waals surface area contributed by atoms with Crippen LogP contribution in [0.1, 0.15) is 46.5 Å². The van der Waals surface area contributed by atoms with Crippen LogP contribution in [0.5, 0.6) is 0 Å². The fourth-order valence-corrected chi connectivity index (χ4v) is 4.77. The molecular weight excluding hydrogens is 281 g/mol. The van der Waals surface area contributed by atoms with Crippen LogP contribution in [-0.4, -0.2) is 11.8 Å². The van der Waals surface area contributed by atoms with Crippen LogP contribution in [0.15, 0.2) is 29.2 Å². The molecule has 0 aromatic heterocycles. The lowest BCUT2D eigenvalue weighted by Crippen LogP contribution is -2.37. The van der Waals surface area contributed by atoms with Crippen molar-refractivity contribution >= 4 is 11.8 Å². The maximum absolute atomic E-state index is 13.4. The van der Waals surface area contributed by atoms with E-state index >= 15 is 0 Å². The fourth-order valence-electron chi connectivity index (χ4n) is 3.32. The highest BCUT2D eigenvalue weighted by Crippen LogP contribution is 2.46. The number of thioether (sulfide) groups is 1. The van der Waals surface area contributed by atoms with Gasteiger partial charge in [0.25, 0.3) is 0 Å². The summed E-state index contributed by atoms with van der Waals surface area (Å²) in [5.41, 5.74) is 6.37. The summed E-state index contributed by atoms with van der Waals surface area (Å²) in [6, 6.07) is 6.96. The summed E-state index contributed by atoms with van der Waals surface area (Å²) in [6.45, 7) is 7.78. The molecule has 2 N–H and O–H groups in total. The van der Waals surface area contributed by atoms with Gasteiger partial charge in [-0.3, -0.25) is 0 Å². The van der Waals surface area contributed by atoms with E-state index in [9.17, 15) is 4.39 Å². The first kappa shape index (κ1) is 16.8. The molecule has 3 heteroatoms. The van der Waals surface area contributed by atoms with Gasteiger partial charge in [-0.1, -0.05) is 33.3 Å². The predicted molar refractivity (Wildman–Crippen MR) is 90.0 cm³/mol. The van der Waals surface area contributed by atoms with Crippen molar-refractivity contribution in [3.05, 3.63) is 30.1 Å². The lowest BCUT2D eigenvalue weighted by Gasteiger charge is -2.42. The van der Waals surface area contributed by atoms with E-state index in [4.69, 9.17) is 5.73 Å². The van der Waals surface area contributed by atoms with Crippen molar-refractivity contribution in [3.63, 3.8) is 0 Å². The van der Waals surface area contributed by atoms with Crippen molar-refractivity contribution in [3.8, 4) is 0 Å². The molecule has 3 unspecified atom stereocenters. The monoisotopic (exact) mass is 309 g/mol. The Balaban J connectivity index is 2.10. The summed E-state index contributed by atoms with van der Waals surface area (Å²) in [7, 11) is 0. The molecule has 0 saturated heterocycles. The van der Waals surface area contributed by atoms with Crippen molar-refractivity contribution in [1.29, 1.82) is 0 Å². The molecule has 0 bridgehead atoms. The van der Waals surface area contributed by atoms with Crippen molar-refractivity contribution in [2.75, 3.05) is 6.54 Å². The first-order valence-electron chi connectivity index (χ1n) is 8.08. The molecule has 1 saturated carbocycles. The number of hydrogen-bond acceptors (Lipinski definition) is 2. The topological polar surface area (TPSA) is 26.0 Å². The molecule has 21 heavy (non-hydrogen) atoms. The Bertz CT molecular complexity index is 460. The molecule has 0 aliphatic heterocycles. The molecule has 3 atom stereocenters. The Morgan fingerprint density at radius 2 is 2.10 bits per heavy atom. The zero-order valence-electron chi connectivity index (χ0n) is 13.4. The third kappa shape index (κ3) is 4.23. The lowest BCUT2D eigenvalue weighted by molar-refractivity contribution is 0.134. The minimum absolute atomic E-state index is 0.148. The van der Waals surface area contributed by atoms with Crippen molar-refractivity contribution in [2.24, 2.45) is 23.0 Å². The van der Waals surface area contributed by atoms with Crippen molar-refractivity contribution < 1.29 is 4.39 Å². The van der Waals surface area contributed by atoms with E-state index in [1.807, 2.05) is 17.8 Å². The predicted octanol–water partition coefficient (Wildman–Crippen LogP) is 5.10. The second-order valence-electron chi connectivity index (χ2n) is 6.96. The first-order chi connectivity index (χ1) is 9.96. The maximum Gasteiger partial charge on any atom is 0.124 e. The average molecular weight is 309 g/mol. The van der Waals surface area contributed by atoms with Crippen LogP contribution in [0.25, 0.3) is 0 Å². The van der Waals surface area contributed by atoms with Gasteiger partial charge in [-0.15, -0.1) is 11.8 Å². The Hall–Kier alpha value is -0.540. The third-order valence-electron chi connectivity index (χ3n) is 5.33. The summed E-state index contributed by atoms with van der Waals surface area (Å²) < 4.78 is 13.4. The molecular formula is C18H28FNS. The van der Waals surface area contributed by atoms with Crippen LogP contribution < -0.4 is 5.73 Å². The minimum atomic E-state index is -0.148. The third-order valence-corrected chi connectivity index (χ3v) is 6.74. The second-order valence-corrected chi connectivity index (χ2v) is 8.27. The largest absolute Gasteiger partial charge is 0.330 e. The van der Waals surface area contributed by atoms with Crippen LogP contribution in [0.4, 0.5) is 4.39 Å². The Morgan fingerprint density at radius 1 is 1.33 bits per heavy atom. The zero-order valence-corrected chi connectivity index (χ0v) is 14.3. The molecule has 1 aromatic rings. The Labute approximate surface area is 132 Å². The van der Waals surface area contributed by atoms with Gasteiger partial charge >= 0.3 is 0 Å². The molecule has 0 heterocycles. The number of halogens is 1. The molecule has 0 amide bonds. The lowest BCUT2D eigenvalue weighted by atomic mass is 9.67. The Morgan fingerprint density at radius 3 is 2.71 bits per heavy atom. The van der Waals surface area contributed by atoms with E-state index in [1.165, 1.54) is 31.7 Å². The van der Waals surface area contributed by atoms with Gasteiger partial charge in [0.1, 0.15) is 5.82 Å². The second kappa shape index (κ2) is 7.15. The number of hydrogen-bond donors (Lipinski definition) is 1. The van der Waals surface area contributed by atoms with E-state index in [-0.39, 0.29) is 5.82 Å². The van der Waals surface area contributed by atoms with Crippen LogP contribution in [0, 0.1) is 23.1 Å². The van der Waals surface area contributed by atoms with E-state index < -0.39 is 0 Å². The Kier molecular flexibility index (Phi) is 5.73. The van der Waals surface area contributed by atoms with Crippen molar-refractivity contribution in [1.82, 2.24) is 0 Å². The summed E-state index contributed by atoms with van der Waals surface area (Å²) >= 11 is 1.82. The average Bonchev–Trinajstić information content (AvgIpc) is 2.47. The molecule has 0 spiro atoms. The molecule has 1 fully saturated rings. The normalized spacial score (nSPS) is 26.8. The zero-order chi connectivity index (χ0) is 15.5. The molecule has 1 aliphatic rings. The van der Waals surface area contributed by atoms with E-state index in [0.717, 1.165) is 17.4 Å².